The van der Waals surface area contributed by atoms with Crippen molar-refractivity contribution in [3.05, 3.63) is 70.8 Å². The standard InChI is InChI=1S/C20H22O2/c1-15-11-16(2)13-18(12-15)20(22)10-6-9-19(21)14-17-7-4-3-5-8-17/h3-5,7-8,11-13H,6,9-10,14H2,1-2H3. The van der Waals surface area contributed by atoms with Crippen LogP contribution in [-0.2, 0) is 11.2 Å². The minimum Gasteiger partial charge on any atom is -0.299 e. The number of carbonyl (C=O) groups is 2. The Hall–Kier alpha value is -2.22. The van der Waals surface area contributed by atoms with Gasteiger partial charge in [-0.05, 0) is 38.0 Å². The van der Waals surface area contributed by atoms with Crippen LogP contribution in [0.2, 0.25) is 0 Å². The van der Waals surface area contributed by atoms with Gasteiger partial charge in [-0.2, -0.15) is 0 Å². The van der Waals surface area contributed by atoms with E-state index in [1.54, 1.807) is 0 Å². The zero-order valence-corrected chi connectivity index (χ0v) is 13.3. The van der Waals surface area contributed by atoms with Crippen LogP contribution in [0.5, 0.6) is 0 Å². The molecule has 0 saturated carbocycles. The number of Topliss-reactive ketones (excluding diaryl/α,β-unsaturated/α-hetero) is 2. The van der Waals surface area contributed by atoms with Gasteiger partial charge in [-0.25, -0.2) is 0 Å². The minimum absolute atomic E-state index is 0.124. The first-order chi connectivity index (χ1) is 10.5. The van der Waals surface area contributed by atoms with Crippen molar-refractivity contribution in [3.63, 3.8) is 0 Å². The molecule has 0 unspecified atom stereocenters. The maximum atomic E-state index is 12.2. The number of rotatable bonds is 7. The summed E-state index contributed by atoms with van der Waals surface area (Å²) in [6.45, 7) is 3.99. The lowest BCUT2D eigenvalue weighted by atomic mass is 9.99. The first-order valence-corrected chi connectivity index (χ1v) is 7.72. The van der Waals surface area contributed by atoms with Crippen molar-refractivity contribution in [3.8, 4) is 0 Å². The first kappa shape index (κ1) is 16.2. The molecule has 0 fully saturated rings. The summed E-state index contributed by atoms with van der Waals surface area (Å²) >= 11 is 0. The van der Waals surface area contributed by atoms with E-state index in [1.165, 1.54) is 0 Å². The third-order valence-corrected chi connectivity index (χ3v) is 3.65. The molecule has 2 rings (SSSR count). The summed E-state index contributed by atoms with van der Waals surface area (Å²) in [5, 5.41) is 0. The zero-order chi connectivity index (χ0) is 15.9. The second-order valence-electron chi connectivity index (χ2n) is 5.85. The smallest absolute Gasteiger partial charge is 0.162 e. The van der Waals surface area contributed by atoms with Crippen molar-refractivity contribution in [1.29, 1.82) is 0 Å². The number of carbonyl (C=O) groups excluding carboxylic acids is 2. The van der Waals surface area contributed by atoms with E-state index in [0.717, 1.165) is 22.3 Å². The van der Waals surface area contributed by atoms with Crippen LogP contribution in [0.15, 0.2) is 48.5 Å². The van der Waals surface area contributed by atoms with Crippen LogP contribution in [0, 0.1) is 13.8 Å². The molecule has 2 nitrogen and oxygen atoms in total. The lowest BCUT2D eigenvalue weighted by molar-refractivity contribution is -0.118. The van der Waals surface area contributed by atoms with Crippen LogP contribution in [0.3, 0.4) is 0 Å². The molecule has 0 spiro atoms. The maximum Gasteiger partial charge on any atom is 0.162 e. The fourth-order valence-corrected chi connectivity index (χ4v) is 2.64. The van der Waals surface area contributed by atoms with Gasteiger partial charge in [0.1, 0.15) is 5.78 Å². The second-order valence-corrected chi connectivity index (χ2v) is 5.85. The van der Waals surface area contributed by atoms with Crippen molar-refractivity contribution in [1.82, 2.24) is 0 Å². The predicted molar refractivity (Wildman–Crippen MR) is 89.3 cm³/mol. The van der Waals surface area contributed by atoms with Crippen molar-refractivity contribution in [2.75, 3.05) is 0 Å². The molecular formula is C20H22O2. The van der Waals surface area contributed by atoms with Gasteiger partial charge in [0.15, 0.2) is 5.78 Å². The Balaban J connectivity index is 1.80. The van der Waals surface area contributed by atoms with E-state index >= 15 is 0 Å². The molecule has 0 N–H and O–H groups in total. The highest BCUT2D eigenvalue weighted by molar-refractivity contribution is 5.96. The fraction of sp³-hybridized carbons (Fsp3) is 0.300. The molecule has 0 aliphatic heterocycles. The van der Waals surface area contributed by atoms with Gasteiger partial charge in [0.2, 0.25) is 0 Å². The Kier molecular flexibility index (Phi) is 5.65. The van der Waals surface area contributed by atoms with E-state index < -0.39 is 0 Å². The highest BCUT2D eigenvalue weighted by Crippen LogP contribution is 2.13. The van der Waals surface area contributed by atoms with E-state index in [2.05, 4.69) is 6.07 Å². The number of benzene rings is 2. The number of hydrogen-bond donors (Lipinski definition) is 0. The molecule has 0 heterocycles. The summed E-state index contributed by atoms with van der Waals surface area (Å²) in [6.07, 6.45) is 1.98. The summed E-state index contributed by atoms with van der Waals surface area (Å²) in [7, 11) is 0. The Morgan fingerprint density at radius 2 is 1.50 bits per heavy atom. The van der Waals surface area contributed by atoms with E-state index in [9.17, 15) is 9.59 Å². The Labute approximate surface area is 132 Å². The number of hydrogen-bond acceptors (Lipinski definition) is 2. The summed E-state index contributed by atoms with van der Waals surface area (Å²) in [4.78, 5) is 24.1. The first-order valence-electron chi connectivity index (χ1n) is 7.72. The van der Waals surface area contributed by atoms with Crippen LogP contribution in [0.1, 0.15) is 46.3 Å². The van der Waals surface area contributed by atoms with Gasteiger partial charge < -0.3 is 0 Å². The van der Waals surface area contributed by atoms with Crippen LogP contribution in [0.4, 0.5) is 0 Å². The van der Waals surface area contributed by atoms with Gasteiger partial charge in [0.05, 0.1) is 0 Å². The summed E-state index contributed by atoms with van der Waals surface area (Å²) in [5.41, 5.74) is 3.99. The molecule has 0 saturated heterocycles. The quantitative estimate of drug-likeness (QED) is 0.706. The van der Waals surface area contributed by atoms with E-state index in [-0.39, 0.29) is 11.6 Å². The van der Waals surface area contributed by atoms with Gasteiger partial charge in [-0.15, -0.1) is 0 Å². The molecule has 0 amide bonds. The van der Waals surface area contributed by atoms with E-state index in [1.807, 2.05) is 56.3 Å². The van der Waals surface area contributed by atoms with Crippen molar-refractivity contribution in [2.24, 2.45) is 0 Å². The Morgan fingerprint density at radius 3 is 2.14 bits per heavy atom. The molecule has 0 radical (unpaired) electrons. The molecule has 114 valence electrons. The molecular weight excluding hydrogens is 272 g/mol. The van der Waals surface area contributed by atoms with Crippen LogP contribution < -0.4 is 0 Å². The average molecular weight is 294 g/mol. The molecule has 22 heavy (non-hydrogen) atoms. The molecule has 2 aromatic rings. The molecule has 2 aromatic carbocycles. The normalized spacial score (nSPS) is 10.5. The Morgan fingerprint density at radius 1 is 0.864 bits per heavy atom. The summed E-state index contributed by atoms with van der Waals surface area (Å²) < 4.78 is 0. The van der Waals surface area contributed by atoms with Gasteiger partial charge in [0, 0.05) is 24.8 Å². The number of ketones is 2. The highest BCUT2D eigenvalue weighted by Gasteiger charge is 2.09. The molecule has 0 bridgehead atoms. The molecule has 0 aromatic heterocycles. The lowest BCUT2D eigenvalue weighted by Crippen LogP contribution is -2.05. The van der Waals surface area contributed by atoms with Gasteiger partial charge >= 0.3 is 0 Å². The fourth-order valence-electron chi connectivity index (χ4n) is 2.64. The monoisotopic (exact) mass is 294 g/mol. The van der Waals surface area contributed by atoms with Crippen LogP contribution in [-0.4, -0.2) is 11.6 Å². The third kappa shape index (κ3) is 4.96. The second kappa shape index (κ2) is 7.69. The molecule has 0 aliphatic rings. The van der Waals surface area contributed by atoms with Gasteiger partial charge in [-0.3, -0.25) is 9.59 Å². The molecule has 0 atom stereocenters. The SMILES string of the molecule is Cc1cc(C)cc(C(=O)CCCC(=O)Cc2ccccc2)c1. The van der Waals surface area contributed by atoms with Gasteiger partial charge in [0.25, 0.3) is 0 Å². The van der Waals surface area contributed by atoms with E-state index in [0.29, 0.717) is 25.7 Å². The predicted octanol–water partition coefficient (Wildman–Crippen LogP) is 4.47. The summed E-state index contributed by atoms with van der Waals surface area (Å²) in [6, 6.07) is 15.6. The van der Waals surface area contributed by atoms with Crippen molar-refractivity contribution in [2.45, 2.75) is 39.5 Å². The highest BCUT2D eigenvalue weighted by atomic mass is 16.1. The molecule has 0 aliphatic carbocycles. The largest absolute Gasteiger partial charge is 0.299 e. The minimum atomic E-state index is 0.124. The lowest BCUT2D eigenvalue weighted by Gasteiger charge is -2.05. The topological polar surface area (TPSA) is 34.1 Å². The number of aryl methyl sites for hydroxylation is 2. The van der Waals surface area contributed by atoms with E-state index in [4.69, 9.17) is 0 Å². The van der Waals surface area contributed by atoms with Crippen molar-refractivity contribution >= 4 is 11.6 Å². The van der Waals surface area contributed by atoms with Crippen LogP contribution in [0.25, 0.3) is 0 Å². The molecule has 2 heteroatoms. The summed E-state index contributed by atoms with van der Waals surface area (Å²) in [5.74, 6) is 0.318. The van der Waals surface area contributed by atoms with Crippen LogP contribution >= 0.6 is 0 Å². The Bertz CT molecular complexity index is 636. The zero-order valence-electron chi connectivity index (χ0n) is 13.3. The van der Waals surface area contributed by atoms with Crippen molar-refractivity contribution < 1.29 is 9.59 Å². The third-order valence-electron chi connectivity index (χ3n) is 3.65. The maximum absolute atomic E-state index is 12.2. The average Bonchev–Trinajstić information content (AvgIpc) is 2.47. The van der Waals surface area contributed by atoms with Gasteiger partial charge in [-0.1, -0.05) is 47.5 Å².